The van der Waals surface area contributed by atoms with Crippen LogP contribution in [0.4, 0.5) is 5.82 Å². The smallest absolute Gasteiger partial charge is 0.138 e. The minimum absolute atomic E-state index is 0.0954. The molecule has 0 saturated carbocycles. The minimum atomic E-state index is 0.0954. The van der Waals surface area contributed by atoms with Crippen LogP contribution in [-0.2, 0) is 4.74 Å². The van der Waals surface area contributed by atoms with Gasteiger partial charge in [0.15, 0.2) is 0 Å². The van der Waals surface area contributed by atoms with Crippen LogP contribution >= 0.6 is 0 Å². The predicted molar refractivity (Wildman–Crippen MR) is 66.2 cm³/mol. The Morgan fingerprint density at radius 1 is 1.53 bits per heavy atom. The van der Waals surface area contributed by atoms with Crippen molar-refractivity contribution in [1.82, 2.24) is 9.38 Å². The van der Waals surface area contributed by atoms with Gasteiger partial charge in [-0.05, 0) is 18.6 Å². The van der Waals surface area contributed by atoms with Crippen molar-refractivity contribution in [3.63, 3.8) is 0 Å². The molecule has 1 atom stereocenters. The van der Waals surface area contributed by atoms with Crippen molar-refractivity contribution < 1.29 is 9.84 Å². The average Bonchev–Trinajstić information content (AvgIpc) is 2.79. The van der Waals surface area contributed by atoms with E-state index in [9.17, 15) is 0 Å². The molecule has 2 heterocycles. The van der Waals surface area contributed by atoms with Crippen molar-refractivity contribution in [2.75, 3.05) is 25.6 Å². The Labute approximate surface area is 100 Å². The predicted octanol–water partition coefficient (Wildman–Crippen LogP) is 1.14. The Morgan fingerprint density at radius 3 is 3.18 bits per heavy atom. The van der Waals surface area contributed by atoms with Gasteiger partial charge < -0.3 is 15.2 Å². The van der Waals surface area contributed by atoms with Gasteiger partial charge in [0.1, 0.15) is 11.5 Å². The second-order valence-corrected chi connectivity index (χ2v) is 3.88. The molecule has 17 heavy (non-hydrogen) atoms. The summed E-state index contributed by atoms with van der Waals surface area (Å²) in [7, 11) is 1.66. The molecule has 0 saturated heterocycles. The molecule has 0 radical (unpaired) electrons. The first kappa shape index (κ1) is 11.9. The molecule has 92 valence electrons. The van der Waals surface area contributed by atoms with E-state index in [1.54, 1.807) is 13.3 Å². The highest BCUT2D eigenvalue weighted by atomic mass is 16.5. The van der Waals surface area contributed by atoms with Gasteiger partial charge in [-0.1, -0.05) is 6.07 Å². The van der Waals surface area contributed by atoms with Gasteiger partial charge in [-0.15, -0.1) is 0 Å². The summed E-state index contributed by atoms with van der Waals surface area (Å²) in [6, 6.07) is 5.98. The zero-order chi connectivity index (χ0) is 12.1. The molecule has 5 nitrogen and oxygen atoms in total. The molecular weight excluding hydrogens is 218 g/mol. The van der Waals surface area contributed by atoms with Gasteiger partial charge in [-0.2, -0.15) is 0 Å². The first-order valence-corrected chi connectivity index (χ1v) is 5.63. The SMILES string of the molecule is COCC(CCO)Nc1cccc2nccn12. The number of pyridine rings is 1. The van der Waals surface area contributed by atoms with Crippen molar-refractivity contribution in [3.8, 4) is 0 Å². The molecule has 2 aromatic rings. The van der Waals surface area contributed by atoms with Crippen molar-refractivity contribution in [2.45, 2.75) is 12.5 Å². The van der Waals surface area contributed by atoms with E-state index in [0.717, 1.165) is 11.5 Å². The third-order valence-electron chi connectivity index (χ3n) is 2.63. The normalized spacial score (nSPS) is 12.8. The van der Waals surface area contributed by atoms with E-state index in [1.165, 1.54) is 0 Å². The fraction of sp³-hybridized carbons (Fsp3) is 0.417. The number of nitrogens with zero attached hydrogens (tertiary/aromatic N) is 2. The van der Waals surface area contributed by atoms with E-state index in [0.29, 0.717) is 13.0 Å². The molecule has 0 aliphatic carbocycles. The van der Waals surface area contributed by atoms with Crippen LogP contribution in [0.5, 0.6) is 0 Å². The number of rotatable bonds is 6. The van der Waals surface area contributed by atoms with E-state index in [2.05, 4.69) is 10.3 Å². The van der Waals surface area contributed by atoms with Crippen LogP contribution in [0.2, 0.25) is 0 Å². The number of methoxy groups -OCH3 is 1. The number of ether oxygens (including phenoxy) is 1. The number of hydrogen-bond acceptors (Lipinski definition) is 4. The molecule has 1 unspecified atom stereocenters. The molecule has 0 aliphatic rings. The largest absolute Gasteiger partial charge is 0.396 e. The number of imidazole rings is 1. The van der Waals surface area contributed by atoms with E-state index < -0.39 is 0 Å². The lowest BCUT2D eigenvalue weighted by atomic mass is 10.2. The van der Waals surface area contributed by atoms with Gasteiger partial charge in [0.05, 0.1) is 12.6 Å². The van der Waals surface area contributed by atoms with Gasteiger partial charge >= 0.3 is 0 Å². The summed E-state index contributed by atoms with van der Waals surface area (Å²) in [4.78, 5) is 4.22. The van der Waals surface area contributed by atoms with Crippen LogP contribution in [-0.4, -0.2) is 40.9 Å². The summed E-state index contributed by atoms with van der Waals surface area (Å²) in [6.45, 7) is 0.701. The van der Waals surface area contributed by atoms with Crippen LogP contribution in [0.3, 0.4) is 0 Å². The molecule has 0 bridgehead atoms. The standard InChI is InChI=1S/C12H17N3O2/c1-17-9-10(5-8-16)14-12-4-2-3-11-13-6-7-15(11)12/h2-4,6-7,10,14,16H,5,8-9H2,1H3. The summed E-state index contributed by atoms with van der Waals surface area (Å²) >= 11 is 0. The van der Waals surface area contributed by atoms with Crippen LogP contribution in [0.1, 0.15) is 6.42 Å². The Kier molecular flexibility index (Phi) is 3.95. The zero-order valence-corrected chi connectivity index (χ0v) is 9.84. The van der Waals surface area contributed by atoms with Crippen molar-refractivity contribution in [1.29, 1.82) is 0 Å². The number of hydrogen-bond donors (Lipinski definition) is 2. The van der Waals surface area contributed by atoms with Gasteiger partial charge in [0.2, 0.25) is 0 Å². The van der Waals surface area contributed by atoms with Crippen LogP contribution in [0.25, 0.3) is 5.65 Å². The average molecular weight is 235 g/mol. The second kappa shape index (κ2) is 5.65. The molecule has 0 amide bonds. The summed E-state index contributed by atoms with van der Waals surface area (Å²) < 4.78 is 7.10. The number of anilines is 1. The summed E-state index contributed by atoms with van der Waals surface area (Å²) in [6.07, 6.45) is 4.32. The molecule has 5 heteroatoms. The third kappa shape index (κ3) is 2.75. The lowest BCUT2D eigenvalue weighted by molar-refractivity contribution is 0.170. The molecule has 0 spiro atoms. The number of nitrogens with one attached hydrogen (secondary N) is 1. The highest BCUT2D eigenvalue weighted by molar-refractivity contribution is 5.50. The molecule has 0 aromatic carbocycles. The number of aliphatic hydroxyl groups excluding tert-OH is 1. The molecule has 2 N–H and O–H groups in total. The maximum Gasteiger partial charge on any atom is 0.138 e. The fourth-order valence-corrected chi connectivity index (χ4v) is 1.83. The van der Waals surface area contributed by atoms with Gasteiger partial charge in [-0.25, -0.2) is 4.98 Å². The number of aliphatic hydroxyl groups is 1. The Morgan fingerprint density at radius 2 is 2.41 bits per heavy atom. The maximum atomic E-state index is 9.00. The number of aromatic nitrogens is 2. The van der Waals surface area contributed by atoms with Crippen molar-refractivity contribution in [2.24, 2.45) is 0 Å². The highest BCUT2D eigenvalue weighted by Crippen LogP contribution is 2.13. The van der Waals surface area contributed by atoms with Gasteiger partial charge in [0.25, 0.3) is 0 Å². The summed E-state index contributed by atoms with van der Waals surface area (Å²) in [5, 5.41) is 12.3. The van der Waals surface area contributed by atoms with Crippen LogP contribution in [0, 0.1) is 0 Å². The van der Waals surface area contributed by atoms with Crippen molar-refractivity contribution >= 4 is 11.5 Å². The lowest BCUT2D eigenvalue weighted by Gasteiger charge is -2.18. The summed E-state index contributed by atoms with van der Waals surface area (Å²) in [5.74, 6) is 0.954. The molecule has 2 aromatic heterocycles. The second-order valence-electron chi connectivity index (χ2n) is 3.88. The maximum absolute atomic E-state index is 9.00. The first-order chi connectivity index (χ1) is 8.35. The first-order valence-electron chi connectivity index (χ1n) is 5.63. The van der Waals surface area contributed by atoms with E-state index in [-0.39, 0.29) is 12.6 Å². The van der Waals surface area contributed by atoms with Crippen LogP contribution < -0.4 is 5.32 Å². The lowest BCUT2D eigenvalue weighted by Crippen LogP contribution is -2.27. The highest BCUT2D eigenvalue weighted by Gasteiger charge is 2.09. The fourth-order valence-electron chi connectivity index (χ4n) is 1.83. The quantitative estimate of drug-likeness (QED) is 0.788. The molecular formula is C12H17N3O2. The van der Waals surface area contributed by atoms with Crippen LogP contribution in [0.15, 0.2) is 30.6 Å². The third-order valence-corrected chi connectivity index (χ3v) is 2.63. The van der Waals surface area contributed by atoms with E-state index in [4.69, 9.17) is 9.84 Å². The van der Waals surface area contributed by atoms with Gasteiger partial charge in [-0.3, -0.25) is 4.40 Å². The van der Waals surface area contributed by atoms with Gasteiger partial charge in [0, 0.05) is 26.1 Å². The van der Waals surface area contributed by atoms with E-state index >= 15 is 0 Å². The molecule has 2 rings (SSSR count). The Hall–Kier alpha value is -1.59. The molecule has 0 fully saturated rings. The van der Waals surface area contributed by atoms with E-state index in [1.807, 2.05) is 28.8 Å². The molecule has 0 aliphatic heterocycles. The summed E-state index contributed by atoms with van der Waals surface area (Å²) in [5.41, 5.74) is 0.898. The topological polar surface area (TPSA) is 58.8 Å². The minimum Gasteiger partial charge on any atom is -0.396 e. The Balaban J connectivity index is 2.18. The zero-order valence-electron chi connectivity index (χ0n) is 9.84. The monoisotopic (exact) mass is 235 g/mol. The Bertz CT molecular complexity index is 463. The van der Waals surface area contributed by atoms with Crippen molar-refractivity contribution in [3.05, 3.63) is 30.6 Å². The number of fused-ring (bicyclic) bond motifs is 1.